The molecule has 1 aromatic heterocycles. The molecule has 0 radical (unpaired) electrons. The highest BCUT2D eigenvalue weighted by atomic mass is 16.5. The molecule has 0 unspecified atom stereocenters. The number of benzene rings is 3. The van der Waals surface area contributed by atoms with E-state index in [4.69, 9.17) is 4.74 Å². The monoisotopic (exact) mass is 539 g/mol. The van der Waals surface area contributed by atoms with Crippen LogP contribution >= 0.6 is 0 Å². The zero-order valence-electron chi connectivity index (χ0n) is 22.9. The first-order valence-corrected chi connectivity index (χ1v) is 13.2. The van der Waals surface area contributed by atoms with Crippen molar-refractivity contribution in [3.05, 3.63) is 107 Å². The fourth-order valence-electron chi connectivity index (χ4n) is 5.30. The Morgan fingerprint density at radius 2 is 1.73 bits per heavy atom. The van der Waals surface area contributed by atoms with Gasteiger partial charge in [-0.1, -0.05) is 42.5 Å². The number of nitrogens with zero attached hydrogens (tertiary/aromatic N) is 3. The summed E-state index contributed by atoms with van der Waals surface area (Å²) in [5.74, 6) is 0.375. The maximum atomic E-state index is 14.0. The summed E-state index contributed by atoms with van der Waals surface area (Å²) in [4.78, 5) is 30.4. The number of aromatic nitrogens is 1. The molecule has 1 atom stereocenters. The minimum absolute atomic E-state index is 0.0151. The van der Waals surface area contributed by atoms with Gasteiger partial charge in [0, 0.05) is 36.1 Å². The predicted molar refractivity (Wildman–Crippen MR) is 154 cm³/mol. The first-order valence-electron chi connectivity index (χ1n) is 13.2. The SMILES string of the molecule is COc1ccccc1-c1ccc(C(=O)N2Cc3ccc(C(=O)N(C)C[C@H](O)CO)n3Cc3ccccc32)cc1C. The molecule has 3 aromatic carbocycles. The average molecular weight is 540 g/mol. The second-order valence-electron chi connectivity index (χ2n) is 10.1. The van der Waals surface area contributed by atoms with Crippen molar-refractivity contribution in [3.8, 4) is 16.9 Å². The summed E-state index contributed by atoms with van der Waals surface area (Å²) in [6.07, 6.45) is -1.01. The zero-order valence-corrected chi connectivity index (χ0v) is 22.9. The van der Waals surface area contributed by atoms with Crippen molar-refractivity contribution in [2.24, 2.45) is 0 Å². The van der Waals surface area contributed by atoms with Gasteiger partial charge in [0.1, 0.15) is 11.4 Å². The third kappa shape index (κ3) is 5.11. The summed E-state index contributed by atoms with van der Waals surface area (Å²) < 4.78 is 7.47. The van der Waals surface area contributed by atoms with Gasteiger partial charge in [-0.05, 0) is 60.0 Å². The van der Waals surface area contributed by atoms with Gasteiger partial charge in [0.25, 0.3) is 11.8 Å². The minimum Gasteiger partial charge on any atom is -0.496 e. The number of aliphatic hydroxyl groups is 2. The van der Waals surface area contributed by atoms with E-state index in [0.29, 0.717) is 24.3 Å². The molecule has 40 heavy (non-hydrogen) atoms. The number of aryl methyl sites for hydroxylation is 1. The summed E-state index contributed by atoms with van der Waals surface area (Å²) in [6.45, 7) is 2.29. The Kier molecular flexibility index (Phi) is 7.73. The maximum Gasteiger partial charge on any atom is 0.270 e. The van der Waals surface area contributed by atoms with Gasteiger partial charge in [-0.3, -0.25) is 9.59 Å². The van der Waals surface area contributed by atoms with E-state index in [0.717, 1.165) is 39.4 Å². The highest BCUT2D eigenvalue weighted by Gasteiger charge is 2.28. The summed E-state index contributed by atoms with van der Waals surface area (Å²) >= 11 is 0. The molecule has 0 bridgehead atoms. The van der Waals surface area contributed by atoms with Crippen molar-refractivity contribution in [1.82, 2.24) is 9.47 Å². The third-order valence-corrected chi connectivity index (χ3v) is 7.38. The lowest BCUT2D eigenvalue weighted by atomic mass is 9.97. The number of likely N-dealkylation sites (N-methyl/N-ethyl adjacent to an activating group) is 1. The molecule has 8 heteroatoms. The van der Waals surface area contributed by atoms with E-state index in [9.17, 15) is 19.8 Å². The molecule has 5 rings (SSSR count). The molecular formula is C32H33N3O5. The molecular weight excluding hydrogens is 506 g/mol. The molecule has 206 valence electrons. The number of amides is 2. The van der Waals surface area contributed by atoms with Crippen molar-refractivity contribution in [2.75, 3.05) is 32.2 Å². The Labute approximate surface area is 233 Å². The Morgan fingerprint density at radius 1 is 0.975 bits per heavy atom. The van der Waals surface area contributed by atoms with Crippen LogP contribution in [0.5, 0.6) is 5.75 Å². The van der Waals surface area contributed by atoms with E-state index in [-0.39, 0.29) is 18.4 Å². The van der Waals surface area contributed by atoms with Crippen LogP contribution in [-0.4, -0.2) is 64.9 Å². The topological polar surface area (TPSA) is 95.2 Å². The molecule has 4 aromatic rings. The smallest absolute Gasteiger partial charge is 0.270 e. The van der Waals surface area contributed by atoms with Gasteiger partial charge in [0.2, 0.25) is 0 Å². The van der Waals surface area contributed by atoms with Crippen LogP contribution in [-0.2, 0) is 13.1 Å². The van der Waals surface area contributed by atoms with Gasteiger partial charge in [0.15, 0.2) is 0 Å². The highest BCUT2D eigenvalue weighted by Crippen LogP contribution is 2.34. The normalized spacial score (nSPS) is 13.2. The van der Waals surface area contributed by atoms with Crippen molar-refractivity contribution >= 4 is 17.5 Å². The van der Waals surface area contributed by atoms with Crippen molar-refractivity contribution in [3.63, 3.8) is 0 Å². The van der Waals surface area contributed by atoms with E-state index < -0.39 is 12.7 Å². The molecule has 1 aliphatic heterocycles. The molecule has 2 heterocycles. The lowest BCUT2D eigenvalue weighted by Crippen LogP contribution is -2.37. The zero-order chi connectivity index (χ0) is 28.4. The van der Waals surface area contributed by atoms with Crippen molar-refractivity contribution < 1.29 is 24.5 Å². The number of anilines is 1. The lowest BCUT2D eigenvalue weighted by molar-refractivity contribution is 0.0513. The minimum atomic E-state index is -1.01. The van der Waals surface area contributed by atoms with Gasteiger partial charge in [-0.15, -0.1) is 0 Å². The van der Waals surface area contributed by atoms with Crippen LogP contribution in [0.25, 0.3) is 11.1 Å². The number of para-hydroxylation sites is 2. The summed E-state index contributed by atoms with van der Waals surface area (Å²) in [6, 6.07) is 24.9. The van der Waals surface area contributed by atoms with Crippen LogP contribution < -0.4 is 9.64 Å². The summed E-state index contributed by atoms with van der Waals surface area (Å²) in [5.41, 5.74) is 6.49. The Morgan fingerprint density at radius 3 is 2.48 bits per heavy atom. The maximum absolute atomic E-state index is 14.0. The molecule has 2 amide bonds. The van der Waals surface area contributed by atoms with Gasteiger partial charge in [0.05, 0.1) is 32.9 Å². The van der Waals surface area contributed by atoms with Crippen molar-refractivity contribution in [2.45, 2.75) is 26.1 Å². The number of fused-ring (bicyclic) bond motifs is 2. The second kappa shape index (κ2) is 11.4. The van der Waals surface area contributed by atoms with Gasteiger partial charge in [-0.25, -0.2) is 0 Å². The number of methoxy groups -OCH3 is 1. The van der Waals surface area contributed by atoms with Gasteiger partial charge in [-0.2, -0.15) is 0 Å². The number of hydrogen-bond donors (Lipinski definition) is 2. The number of ether oxygens (including phenoxy) is 1. The molecule has 0 fully saturated rings. The summed E-state index contributed by atoms with van der Waals surface area (Å²) in [5, 5.41) is 19.0. The molecule has 1 aliphatic rings. The molecule has 0 aliphatic carbocycles. The van der Waals surface area contributed by atoms with Crippen LogP contribution in [0.3, 0.4) is 0 Å². The average Bonchev–Trinajstić information content (AvgIpc) is 3.28. The van der Waals surface area contributed by atoms with Crippen molar-refractivity contribution in [1.29, 1.82) is 0 Å². The fraction of sp³-hybridized carbons (Fsp3) is 0.250. The molecule has 0 spiro atoms. The molecule has 8 nitrogen and oxygen atoms in total. The van der Waals surface area contributed by atoms with Crippen LogP contribution in [0, 0.1) is 6.92 Å². The molecule has 2 N–H and O–H groups in total. The molecule has 0 saturated carbocycles. The van der Waals surface area contributed by atoms with Crippen LogP contribution in [0.1, 0.15) is 37.7 Å². The highest BCUT2D eigenvalue weighted by molar-refractivity contribution is 6.07. The Balaban J connectivity index is 1.49. The van der Waals surface area contributed by atoms with Gasteiger partial charge < -0.3 is 29.3 Å². The Hall–Kier alpha value is -4.40. The number of carbonyl (C=O) groups is 2. The van der Waals surface area contributed by atoms with E-state index in [1.54, 1.807) is 25.1 Å². The van der Waals surface area contributed by atoms with Gasteiger partial charge >= 0.3 is 0 Å². The quantitative estimate of drug-likeness (QED) is 0.369. The summed E-state index contributed by atoms with van der Waals surface area (Å²) in [7, 11) is 3.24. The lowest BCUT2D eigenvalue weighted by Gasteiger charge is -2.23. The number of rotatable bonds is 7. The second-order valence-corrected chi connectivity index (χ2v) is 10.1. The van der Waals surface area contributed by atoms with E-state index in [2.05, 4.69) is 0 Å². The fourth-order valence-corrected chi connectivity index (χ4v) is 5.30. The Bertz CT molecular complexity index is 1560. The van der Waals surface area contributed by atoms with Crippen LogP contribution in [0.15, 0.2) is 78.9 Å². The van der Waals surface area contributed by atoms with E-state index in [1.807, 2.05) is 84.3 Å². The molecule has 0 saturated heterocycles. The standard InChI is InChI=1S/C32H33N3O5/c1-21-16-22(12-14-26(21)27-9-5-7-11-30(27)40-3)31(38)35-18-24-13-15-29(32(39)33(2)19-25(37)20-36)34(24)17-23-8-4-6-10-28(23)35/h4-16,25,36-37H,17-20H2,1-3H3/t25-/m0/s1. The number of aliphatic hydroxyl groups excluding tert-OH is 2. The van der Waals surface area contributed by atoms with E-state index >= 15 is 0 Å². The van der Waals surface area contributed by atoms with Crippen LogP contribution in [0.4, 0.5) is 5.69 Å². The first-order chi connectivity index (χ1) is 19.3. The number of hydrogen-bond acceptors (Lipinski definition) is 5. The van der Waals surface area contributed by atoms with Crippen LogP contribution in [0.2, 0.25) is 0 Å². The first kappa shape index (κ1) is 27.2. The largest absolute Gasteiger partial charge is 0.496 e. The predicted octanol–water partition coefficient (Wildman–Crippen LogP) is 4.11. The number of carbonyl (C=O) groups excluding carboxylic acids is 2. The van der Waals surface area contributed by atoms with E-state index in [1.165, 1.54) is 4.90 Å². The third-order valence-electron chi connectivity index (χ3n) is 7.38.